The molecular weight excluding hydrogens is 504 g/mol. The van der Waals surface area contributed by atoms with Crippen LogP contribution in [0.5, 0.6) is 0 Å². The van der Waals surface area contributed by atoms with E-state index in [9.17, 15) is 13.2 Å². The van der Waals surface area contributed by atoms with Gasteiger partial charge in [0.05, 0.1) is 16.8 Å². The minimum atomic E-state index is -3.91. The van der Waals surface area contributed by atoms with Crippen LogP contribution in [0.4, 0.5) is 11.4 Å². The van der Waals surface area contributed by atoms with Crippen molar-refractivity contribution in [3.05, 3.63) is 76.6 Å². The van der Waals surface area contributed by atoms with Crippen LogP contribution in [0.15, 0.2) is 76.5 Å². The van der Waals surface area contributed by atoms with E-state index in [0.29, 0.717) is 26.6 Å². The number of nitrogens with one attached hydrogen (secondary N) is 2. The Morgan fingerprint density at radius 3 is 2.52 bits per heavy atom. The smallest absolute Gasteiger partial charge is 0.262 e. The largest absolute Gasteiger partial charge is 0.326 e. The van der Waals surface area contributed by atoms with Crippen LogP contribution >= 0.6 is 27.5 Å². The molecule has 2 aromatic heterocycles. The van der Waals surface area contributed by atoms with E-state index in [2.05, 4.69) is 31.0 Å². The molecule has 2 N–H and O–H groups in total. The molecule has 0 saturated heterocycles. The lowest BCUT2D eigenvalue weighted by Gasteiger charge is -2.13. The highest BCUT2D eigenvalue weighted by Crippen LogP contribution is 2.33. The number of halogens is 2. The minimum Gasteiger partial charge on any atom is -0.326 e. The molecule has 0 aliphatic rings. The third-order valence-corrected chi connectivity index (χ3v) is 6.77. The quantitative estimate of drug-likeness (QED) is 0.380. The molecule has 2 heterocycles. The van der Waals surface area contributed by atoms with E-state index >= 15 is 0 Å². The number of rotatable bonds is 5. The Kier molecular flexibility index (Phi) is 5.74. The number of fused-ring (bicyclic) bond motifs is 1. The maximum Gasteiger partial charge on any atom is 0.262 e. The zero-order valence-electron chi connectivity index (χ0n) is 16.1. The molecule has 4 rings (SSSR count). The van der Waals surface area contributed by atoms with Crippen LogP contribution in [0.2, 0.25) is 5.02 Å². The maximum atomic E-state index is 13.0. The first-order valence-corrected chi connectivity index (χ1v) is 11.7. The number of anilines is 2. The van der Waals surface area contributed by atoms with Crippen molar-refractivity contribution >= 4 is 60.5 Å². The number of carbonyl (C=O) groups is 1. The molecule has 0 spiro atoms. The number of sulfonamides is 1. The summed E-state index contributed by atoms with van der Waals surface area (Å²) in [7, 11) is -3.91. The summed E-state index contributed by atoms with van der Waals surface area (Å²) in [5.41, 5.74) is 2.71. The molecule has 0 aliphatic heterocycles. The van der Waals surface area contributed by atoms with E-state index in [1.807, 2.05) is 24.4 Å². The van der Waals surface area contributed by atoms with Gasteiger partial charge in [0.25, 0.3) is 10.0 Å². The van der Waals surface area contributed by atoms with Gasteiger partial charge in [0.2, 0.25) is 5.91 Å². The molecule has 0 saturated carbocycles. The van der Waals surface area contributed by atoms with Gasteiger partial charge in [-0.25, -0.2) is 13.4 Å². The van der Waals surface area contributed by atoms with E-state index in [-0.39, 0.29) is 10.8 Å². The summed E-state index contributed by atoms with van der Waals surface area (Å²) >= 11 is 9.78. The Bertz CT molecular complexity index is 1400. The molecule has 0 radical (unpaired) electrons. The fraction of sp³-hybridized carbons (Fsp3) is 0.0476. The van der Waals surface area contributed by atoms with E-state index in [1.165, 1.54) is 31.2 Å². The first-order chi connectivity index (χ1) is 14.7. The molecule has 31 heavy (non-hydrogen) atoms. The van der Waals surface area contributed by atoms with Crippen LogP contribution in [-0.4, -0.2) is 23.7 Å². The van der Waals surface area contributed by atoms with Crippen LogP contribution in [0, 0.1) is 0 Å². The van der Waals surface area contributed by atoms with Crippen LogP contribution in [0.1, 0.15) is 6.92 Å². The highest BCUT2D eigenvalue weighted by atomic mass is 79.9. The highest BCUT2D eigenvalue weighted by Gasteiger charge is 2.19. The maximum absolute atomic E-state index is 13.0. The van der Waals surface area contributed by atoms with Crippen LogP contribution in [-0.2, 0) is 14.8 Å². The lowest BCUT2D eigenvalue weighted by molar-refractivity contribution is -0.114. The average molecular weight is 520 g/mol. The lowest BCUT2D eigenvalue weighted by atomic mass is 10.1. The summed E-state index contributed by atoms with van der Waals surface area (Å²) < 4.78 is 31.1. The van der Waals surface area contributed by atoms with Crippen molar-refractivity contribution in [1.82, 2.24) is 9.38 Å². The van der Waals surface area contributed by atoms with Gasteiger partial charge in [-0.2, -0.15) is 0 Å². The van der Waals surface area contributed by atoms with Gasteiger partial charge in [-0.15, -0.1) is 0 Å². The molecule has 1 amide bonds. The summed E-state index contributed by atoms with van der Waals surface area (Å²) in [4.78, 5) is 15.5. The summed E-state index contributed by atoms with van der Waals surface area (Å²) in [6.07, 6.45) is 3.42. The van der Waals surface area contributed by atoms with Crippen molar-refractivity contribution < 1.29 is 13.2 Å². The van der Waals surface area contributed by atoms with E-state index in [0.717, 1.165) is 11.1 Å². The monoisotopic (exact) mass is 518 g/mol. The second-order valence-electron chi connectivity index (χ2n) is 6.71. The van der Waals surface area contributed by atoms with Gasteiger partial charge in [0.1, 0.15) is 4.60 Å². The fourth-order valence-electron chi connectivity index (χ4n) is 3.10. The number of benzene rings is 2. The van der Waals surface area contributed by atoms with Gasteiger partial charge in [0.15, 0.2) is 5.65 Å². The standard InChI is InChI=1S/C21H16BrClN4O3S/c1-13(28)25-15-6-8-16(9-7-15)31(29,30)26-19-10-14(17-4-2-3-5-18(17)23)12-27-20(22)11-24-21(19)27/h2-12,26H,1H3,(H,25,28). The zero-order valence-corrected chi connectivity index (χ0v) is 19.3. The van der Waals surface area contributed by atoms with Crippen molar-refractivity contribution in [3.63, 3.8) is 0 Å². The Morgan fingerprint density at radius 2 is 1.84 bits per heavy atom. The van der Waals surface area contributed by atoms with Gasteiger partial charge >= 0.3 is 0 Å². The predicted octanol–water partition coefficient (Wildman–Crippen LogP) is 5.18. The molecule has 0 atom stereocenters. The molecule has 0 aliphatic carbocycles. The first-order valence-electron chi connectivity index (χ1n) is 9.06. The topological polar surface area (TPSA) is 92.6 Å². The average Bonchev–Trinajstić information content (AvgIpc) is 3.09. The van der Waals surface area contributed by atoms with Crippen molar-refractivity contribution in [2.24, 2.45) is 0 Å². The van der Waals surface area contributed by atoms with Crippen molar-refractivity contribution in [1.29, 1.82) is 0 Å². The SMILES string of the molecule is CC(=O)Nc1ccc(S(=O)(=O)Nc2cc(-c3ccccc3Cl)cn3c(Br)cnc23)cc1. The van der Waals surface area contributed by atoms with Gasteiger partial charge in [-0.1, -0.05) is 29.8 Å². The van der Waals surface area contributed by atoms with Crippen molar-refractivity contribution in [2.45, 2.75) is 11.8 Å². The van der Waals surface area contributed by atoms with E-state index in [1.54, 1.807) is 22.7 Å². The van der Waals surface area contributed by atoms with Crippen molar-refractivity contribution in [2.75, 3.05) is 10.0 Å². The molecule has 4 aromatic rings. The molecule has 158 valence electrons. The van der Waals surface area contributed by atoms with Gasteiger partial charge < -0.3 is 5.32 Å². The normalized spacial score (nSPS) is 11.5. The highest BCUT2D eigenvalue weighted by molar-refractivity contribution is 9.10. The van der Waals surface area contributed by atoms with Crippen LogP contribution in [0.25, 0.3) is 16.8 Å². The van der Waals surface area contributed by atoms with E-state index < -0.39 is 10.0 Å². The van der Waals surface area contributed by atoms with Gasteiger partial charge in [-0.05, 0) is 52.3 Å². The number of pyridine rings is 1. The number of aromatic nitrogens is 2. The van der Waals surface area contributed by atoms with Crippen LogP contribution in [0.3, 0.4) is 0 Å². The zero-order chi connectivity index (χ0) is 22.2. The summed E-state index contributed by atoms with van der Waals surface area (Å²) in [6.45, 7) is 1.38. The number of hydrogen-bond acceptors (Lipinski definition) is 4. The Hall–Kier alpha value is -2.88. The number of hydrogen-bond donors (Lipinski definition) is 2. The Balaban J connectivity index is 1.77. The third kappa shape index (κ3) is 4.43. The second-order valence-corrected chi connectivity index (χ2v) is 9.61. The molecule has 7 nitrogen and oxygen atoms in total. The Morgan fingerprint density at radius 1 is 1.13 bits per heavy atom. The number of nitrogens with zero attached hydrogens (tertiary/aromatic N) is 2. The molecule has 0 bridgehead atoms. The summed E-state index contributed by atoms with van der Waals surface area (Å²) in [6, 6.07) is 14.9. The summed E-state index contributed by atoms with van der Waals surface area (Å²) in [5, 5.41) is 3.15. The predicted molar refractivity (Wildman–Crippen MR) is 125 cm³/mol. The first kappa shape index (κ1) is 21.4. The van der Waals surface area contributed by atoms with Gasteiger partial charge in [0, 0.05) is 35.0 Å². The van der Waals surface area contributed by atoms with E-state index in [4.69, 9.17) is 11.6 Å². The molecular formula is C21H16BrClN4O3S. The third-order valence-electron chi connectivity index (χ3n) is 4.47. The lowest BCUT2D eigenvalue weighted by Crippen LogP contribution is -2.14. The molecule has 0 unspecified atom stereocenters. The van der Waals surface area contributed by atoms with Crippen LogP contribution < -0.4 is 10.0 Å². The second kappa shape index (κ2) is 8.33. The number of imidazole rings is 1. The van der Waals surface area contributed by atoms with Crippen molar-refractivity contribution in [3.8, 4) is 11.1 Å². The fourth-order valence-corrected chi connectivity index (χ4v) is 4.77. The number of carbonyl (C=O) groups excluding carboxylic acids is 1. The molecule has 0 fully saturated rings. The minimum absolute atomic E-state index is 0.0496. The summed E-state index contributed by atoms with van der Waals surface area (Å²) in [5.74, 6) is -0.239. The number of amides is 1. The molecule has 10 heteroatoms. The van der Waals surface area contributed by atoms with Gasteiger partial charge in [-0.3, -0.25) is 13.9 Å². The molecule has 2 aromatic carbocycles. The Labute approximate surface area is 192 Å².